The molecule has 3 aromatic rings. The van der Waals surface area contributed by atoms with Crippen molar-refractivity contribution in [2.45, 2.75) is 25.4 Å². The second-order valence-electron chi connectivity index (χ2n) is 5.66. The van der Waals surface area contributed by atoms with E-state index in [1.165, 1.54) is 0 Å². The molecule has 3 heterocycles. The number of imidazole rings is 1. The third kappa shape index (κ3) is 5.01. The van der Waals surface area contributed by atoms with Crippen LogP contribution in [0.2, 0.25) is 0 Å². The molecule has 1 saturated heterocycles. The van der Waals surface area contributed by atoms with Gasteiger partial charge in [-0.2, -0.15) is 0 Å². The van der Waals surface area contributed by atoms with Crippen LogP contribution >= 0.6 is 45.3 Å². The number of fused-ring (bicyclic) bond motifs is 1. The lowest BCUT2D eigenvalue weighted by atomic mass is 10.1. The zero-order valence-corrected chi connectivity index (χ0v) is 17.9. The first-order valence-corrected chi connectivity index (χ1v) is 8.64. The van der Waals surface area contributed by atoms with E-state index in [0.29, 0.717) is 6.04 Å². The molecule has 1 aromatic carbocycles. The Bertz CT molecular complexity index is 759. The van der Waals surface area contributed by atoms with Crippen LogP contribution in [-0.2, 0) is 6.54 Å². The molecule has 138 valence electrons. The molecule has 0 saturated carbocycles. The topological polar surface area (TPSA) is 86.3 Å². The summed E-state index contributed by atoms with van der Waals surface area (Å²) < 4.78 is 2.24. The van der Waals surface area contributed by atoms with Gasteiger partial charge in [-0.3, -0.25) is 0 Å². The van der Waals surface area contributed by atoms with Crippen molar-refractivity contribution in [3.8, 4) is 0 Å². The van der Waals surface area contributed by atoms with Gasteiger partial charge in [0.1, 0.15) is 0 Å². The van der Waals surface area contributed by atoms with Gasteiger partial charge in [-0.25, -0.2) is 9.97 Å². The summed E-state index contributed by atoms with van der Waals surface area (Å²) in [5, 5.41) is 9.14. The summed E-state index contributed by atoms with van der Waals surface area (Å²) in [6.07, 6.45) is 2.28. The smallest absolute Gasteiger partial charge is 0.204 e. The van der Waals surface area contributed by atoms with Gasteiger partial charge in [0, 0.05) is 11.4 Å². The van der Waals surface area contributed by atoms with Gasteiger partial charge >= 0.3 is 0 Å². The molecule has 1 aliphatic heterocycles. The Morgan fingerprint density at radius 3 is 2.68 bits per heavy atom. The van der Waals surface area contributed by atoms with E-state index < -0.39 is 0 Å². The molecule has 0 amide bonds. The predicted octanol–water partition coefficient (Wildman–Crippen LogP) is 3.04. The number of rotatable bonds is 4. The lowest BCUT2D eigenvalue weighted by Crippen LogP contribution is -2.36. The average molecular weight is 493 g/mol. The average Bonchev–Trinajstić information content (AvgIpc) is 3.18. The van der Waals surface area contributed by atoms with E-state index in [4.69, 9.17) is 4.98 Å². The number of aromatic nitrogens is 3. The van der Waals surface area contributed by atoms with E-state index in [9.17, 15) is 0 Å². The van der Waals surface area contributed by atoms with Crippen LogP contribution in [0.5, 0.6) is 0 Å². The molecular formula is C16H23Br2N5OS. The van der Waals surface area contributed by atoms with Gasteiger partial charge in [0.15, 0.2) is 0 Å². The van der Waals surface area contributed by atoms with Crippen LogP contribution in [0.3, 0.4) is 0 Å². The first-order valence-electron chi connectivity index (χ1n) is 7.70. The minimum absolute atomic E-state index is 0. The molecule has 4 N–H and O–H groups in total. The number of hydrogen-bond donors (Lipinski definition) is 2. The maximum atomic E-state index is 4.79. The third-order valence-corrected chi connectivity index (χ3v) is 4.77. The van der Waals surface area contributed by atoms with Crippen molar-refractivity contribution in [1.82, 2.24) is 19.9 Å². The third-order valence-electron chi connectivity index (χ3n) is 4.13. The van der Waals surface area contributed by atoms with Gasteiger partial charge in [-0.15, -0.1) is 45.3 Å². The van der Waals surface area contributed by atoms with Crippen LogP contribution in [0.25, 0.3) is 11.0 Å². The van der Waals surface area contributed by atoms with Gasteiger partial charge in [-0.1, -0.05) is 12.1 Å². The maximum absolute atomic E-state index is 4.79. The number of hydrogen-bond acceptors (Lipinski definition) is 5. The molecule has 0 radical (unpaired) electrons. The quantitative estimate of drug-likeness (QED) is 0.586. The Balaban J connectivity index is 0.00000104. The summed E-state index contributed by atoms with van der Waals surface area (Å²) in [5.41, 5.74) is 5.16. The van der Waals surface area contributed by atoms with E-state index in [0.717, 1.165) is 55.2 Å². The molecule has 0 bridgehead atoms. The standard InChI is InChI=1S/C16H19N5S.2BrH.H2O/c1-2-4-15-14(3-1)20-16(19-12-5-7-17-8-6-12)21(15)9-13-10-22-11-18-13;;;/h1-4,10-12,17H,5-9H2,(H,19,20);2*1H;1H2. The highest BCUT2D eigenvalue weighted by molar-refractivity contribution is 8.93. The van der Waals surface area contributed by atoms with Crippen molar-refractivity contribution in [2.75, 3.05) is 18.4 Å². The fraction of sp³-hybridized carbons (Fsp3) is 0.375. The van der Waals surface area contributed by atoms with Gasteiger partial charge < -0.3 is 20.7 Å². The molecule has 0 unspecified atom stereocenters. The summed E-state index contributed by atoms with van der Waals surface area (Å²) in [7, 11) is 0. The molecular weight excluding hydrogens is 470 g/mol. The Kier molecular flexibility index (Phi) is 9.01. The largest absolute Gasteiger partial charge is 0.412 e. The molecule has 0 atom stereocenters. The Labute approximate surface area is 171 Å². The zero-order valence-electron chi connectivity index (χ0n) is 13.6. The highest BCUT2D eigenvalue weighted by atomic mass is 79.9. The van der Waals surface area contributed by atoms with E-state index in [1.54, 1.807) is 11.3 Å². The van der Waals surface area contributed by atoms with Crippen LogP contribution in [0.4, 0.5) is 5.95 Å². The van der Waals surface area contributed by atoms with Crippen molar-refractivity contribution < 1.29 is 5.48 Å². The number of nitrogens with one attached hydrogen (secondary N) is 2. The van der Waals surface area contributed by atoms with Crippen molar-refractivity contribution in [3.63, 3.8) is 0 Å². The van der Waals surface area contributed by atoms with E-state index in [1.807, 2.05) is 11.6 Å². The normalized spacial score (nSPS) is 14.2. The fourth-order valence-corrected chi connectivity index (χ4v) is 3.52. The number of benzene rings is 1. The van der Waals surface area contributed by atoms with Crippen LogP contribution < -0.4 is 10.6 Å². The summed E-state index contributed by atoms with van der Waals surface area (Å²) in [6, 6.07) is 8.79. The van der Waals surface area contributed by atoms with E-state index >= 15 is 0 Å². The highest BCUT2D eigenvalue weighted by Crippen LogP contribution is 2.23. The van der Waals surface area contributed by atoms with Crippen LogP contribution in [0.1, 0.15) is 18.5 Å². The predicted molar refractivity (Wildman–Crippen MR) is 115 cm³/mol. The minimum atomic E-state index is 0. The van der Waals surface area contributed by atoms with Crippen molar-refractivity contribution in [2.24, 2.45) is 0 Å². The molecule has 1 fully saturated rings. The highest BCUT2D eigenvalue weighted by Gasteiger charge is 2.17. The fourth-order valence-electron chi connectivity index (χ4n) is 2.97. The monoisotopic (exact) mass is 491 g/mol. The number of para-hydroxylation sites is 2. The number of piperidine rings is 1. The van der Waals surface area contributed by atoms with Crippen molar-refractivity contribution >= 4 is 62.3 Å². The maximum Gasteiger partial charge on any atom is 0.204 e. The summed E-state index contributed by atoms with van der Waals surface area (Å²) in [4.78, 5) is 9.21. The van der Waals surface area contributed by atoms with Gasteiger partial charge in [-0.05, 0) is 38.1 Å². The lowest BCUT2D eigenvalue weighted by molar-refractivity contribution is 0.476. The second kappa shape index (κ2) is 10.2. The van der Waals surface area contributed by atoms with Crippen molar-refractivity contribution in [1.29, 1.82) is 0 Å². The van der Waals surface area contributed by atoms with Crippen LogP contribution in [0.15, 0.2) is 35.2 Å². The second-order valence-corrected chi connectivity index (χ2v) is 6.38. The number of thiazole rings is 1. The molecule has 0 aliphatic carbocycles. The molecule has 25 heavy (non-hydrogen) atoms. The molecule has 1 aliphatic rings. The molecule has 2 aromatic heterocycles. The number of halogens is 2. The number of nitrogens with zero attached hydrogens (tertiary/aromatic N) is 3. The molecule has 9 heteroatoms. The van der Waals surface area contributed by atoms with Crippen LogP contribution in [0, 0.1) is 0 Å². The van der Waals surface area contributed by atoms with Gasteiger partial charge in [0.05, 0.1) is 28.8 Å². The Morgan fingerprint density at radius 2 is 1.96 bits per heavy atom. The Morgan fingerprint density at radius 1 is 1.20 bits per heavy atom. The summed E-state index contributed by atoms with van der Waals surface area (Å²) >= 11 is 1.63. The molecule has 0 spiro atoms. The first kappa shape index (κ1) is 22.0. The minimum Gasteiger partial charge on any atom is -0.412 e. The first-order chi connectivity index (χ1) is 10.9. The van der Waals surface area contributed by atoms with Gasteiger partial charge in [0.2, 0.25) is 5.95 Å². The van der Waals surface area contributed by atoms with Crippen LogP contribution in [-0.4, -0.2) is 39.1 Å². The number of anilines is 1. The molecule has 4 rings (SSSR count). The van der Waals surface area contributed by atoms with Gasteiger partial charge in [0.25, 0.3) is 0 Å². The summed E-state index contributed by atoms with van der Waals surface area (Å²) in [5.74, 6) is 0.959. The van der Waals surface area contributed by atoms with Crippen molar-refractivity contribution in [3.05, 3.63) is 40.8 Å². The summed E-state index contributed by atoms with van der Waals surface area (Å²) in [6.45, 7) is 2.91. The SMILES string of the molecule is Br.Br.O.c1ccc2c(c1)nc(NC1CCNCC1)n2Cc1cscn1. The van der Waals surface area contributed by atoms with E-state index in [2.05, 4.69) is 43.8 Å². The van der Waals surface area contributed by atoms with E-state index in [-0.39, 0.29) is 39.4 Å². The molecule has 6 nitrogen and oxygen atoms in total. The Hall–Kier alpha value is -1.00. The lowest BCUT2D eigenvalue weighted by Gasteiger charge is -2.24. The zero-order chi connectivity index (χ0) is 14.8.